The zero-order chi connectivity index (χ0) is 15.5. The van der Waals surface area contributed by atoms with Gasteiger partial charge in [-0.3, -0.25) is 4.79 Å². The first-order valence-corrected chi connectivity index (χ1v) is 8.72. The van der Waals surface area contributed by atoms with Crippen LogP contribution >= 0.6 is 12.4 Å². The van der Waals surface area contributed by atoms with Crippen LogP contribution in [0.25, 0.3) is 0 Å². The molecule has 1 amide bonds. The molecule has 2 aliphatic rings. The quantitative estimate of drug-likeness (QED) is 0.785. The number of halogens is 1. The van der Waals surface area contributed by atoms with Crippen molar-refractivity contribution in [3.05, 3.63) is 0 Å². The highest BCUT2D eigenvalue weighted by Gasteiger charge is 2.56. The average molecular weight is 333 g/mol. The van der Waals surface area contributed by atoms with E-state index in [2.05, 4.69) is 19.2 Å². The lowest BCUT2D eigenvalue weighted by Crippen LogP contribution is -2.67. The van der Waals surface area contributed by atoms with Crippen molar-refractivity contribution >= 4 is 18.3 Å². The van der Waals surface area contributed by atoms with Gasteiger partial charge >= 0.3 is 0 Å². The Bertz CT molecular complexity index is 359. The lowest BCUT2D eigenvalue weighted by molar-refractivity contribution is -0.157. The van der Waals surface area contributed by atoms with Crippen LogP contribution in [0.5, 0.6) is 0 Å². The molecule has 5 heteroatoms. The van der Waals surface area contributed by atoms with E-state index >= 15 is 0 Å². The standard InChI is InChI=1S/C17H32N2O2.ClH/c1-4-12(3)15(18)16(20)19-13-11-14(21-5-2)17(13)9-7-6-8-10-17;/h12-15H,4-11,18H2,1-3H3,(H,19,20);1H. The number of hydrogen-bond acceptors (Lipinski definition) is 3. The van der Waals surface area contributed by atoms with Gasteiger partial charge in [0, 0.05) is 18.1 Å². The van der Waals surface area contributed by atoms with E-state index in [-0.39, 0.29) is 41.7 Å². The van der Waals surface area contributed by atoms with Crippen molar-refractivity contribution in [3.8, 4) is 0 Å². The number of carbonyl (C=O) groups excluding carboxylic acids is 1. The van der Waals surface area contributed by atoms with E-state index < -0.39 is 0 Å². The van der Waals surface area contributed by atoms with Crippen molar-refractivity contribution in [1.29, 1.82) is 0 Å². The molecule has 0 radical (unpaired) electrons. The highest BCUT2D eigenvalue weighted by atomic mass is 35.5. The van der Waals surface area contributed by atoms with Crippen molar-refractivity contribution in [2.75, 3.05) is 6.61 Å². The summed E-state index contributed by atoms with van der Waals surface area (Å²) in [6.07, 6.45) is 8.41. The molecule has 0 saturated heterocycles. The van der Waals surface area contributed by atoms with Crippen molar-refractivity contribution in [1.82, 2.24) is 5.32 Å². The zero-order valence-corrected chi connectivity index (χ0v) is 15.1. The van der Waals surface area contributed by atoms with Gasteiger partial charge in [-0.25, -0.2) is 0 Å². The number of carbonyl (C=O) groups is 1. The Morgan fingerprint density at radius 2 is 1.95 bits per heavy atom. The molecule has 4 unspecified atom stereocenters. The van der Waals surface area contributed by atoms with Gasteiger partial charge in [0.05, 0.1) is 12.1 Å². The maximum absolute atomic E-state index is 12.4. The summed E-state index contributed by atoms with van der Waals surface area (Å²) in [5.41, 5.74) is 6.25. The molecule has 3 N–H and O–H groups in total. The van der Waals surface area contributed by atoms with Crippen LogP contribution in [0.3, 0.4) is 0 Å². The molecule has 2 fully saturated rings. The Balaban J connectivity index is 0.00000242. The topological polar surface area (TPSA) is 64.3 Å². The Morgan fingerprint density at radius 3 is 2.50 bits per heavy atom. The summed E-state index contributed by atoms with van der Waals surface area (Å²) in [7, 11) is 0. The number of ether oxygens (including phenoxy) is 1. The van der Waals surface area contributed by atoms with E-state index in [1.165, 1.54) is 32.1 Å². The Labute approximate surface area is 141 Å². The van der Waals surface area contributed by atoms with Gasteiger partial charge in [-0.1, -0.05) is 39.5 Å². The van der Waals surface area contributed by atoms with E-state index in [1.54, 1.807) is 0 Å². The van der Waals surface area contributed by atoms with Gasteiger partial charge < -0.3 is 15.8 Å². The molecule has 0 bridgehead atoms. The molecular formula is C17H33ClN2O2. The maximum atomic E-state index is 12.4. The number of amides is 1. The van der Waals surface area contributed by atoms with Crippen molar-refractivity contribution in [3.63, 3.8) is 0 Å². The normalized spacial score (nSPS) is 29.1. The summed E-state index contributed by atoms with van der Waals surface area (Å²) >= 11 is 0. The van der Waals surface area contributed by atoms with Crippen LogP contribution in [0.4, 0.5) is 0 Å². The van der Waals surface area contributed by atoms with Gasteiger partial charge in [-0.2, -0.15) is 0 Å². The van der Waals surface area contributed by atoms with Gasteiger partial charge in [0.15, 0.2) is 0 Å². The van der Waals surface area contributed by atoms with Crippen LogP contribution in [-0.4, -0.2) is 30.7 Å². The molecule has 4 nitrogen and oxygen atoms in total. The van der Waals surface area contributed by atoms with Crippen LogP contribution < -0.4 is 11.1 Å². The molecule has 0 aromatic carbocycles. The number of rotatable bonds is 6. The van der Waals surface area contributed by atoms with Gasteiger partial charge in [-0.05, 0) is 32.1 Å². The van der Waals surface area contributed by atoms with E-state index in [4.69, 9.17) is 10.5 Å². The fourth-order valence-corrected chi connectivity index (χ4v) is 4.05. The Kier molecular flexibility index (Phi) is 7.63. The summed E-state index contributed by atoms with van der Waals surface area (Å²) < 4.78 is 5.93. The lowest BCUT2D eigenvalue weighted by atomic mass is 9.55. The highest BCUT2D eigenvalue weighted by Crippen LogP contribution is 2.53. The molecule has 2 rings (SSSR count). The van der Waals surface area contributed by atoms with E-state index in [9.17, 15) is 4.79 Å². The van der Waals surface area contributed by atoms with Gasteiger partial charge in [0.2, 0.25) is 5.91 Å². The number of hydrogen-bond donors (Lipinski definition) is 2. The first kappa shape index (κ1) is 19.7. The Morgan fingerprint density at radius 1 is 1.32 bits per heavy atom. The van der Waals surface area contributed by atoms with Gasteiger partial charge in [0.1, 0.15) is 0 Å². The van der Waals surface area contributed by atoms with Crippen molar-refractivity contribution in [2.45, 2.75) is 83.9 Å². The average Bonchev–Trinajstić information content (AvgIpc) is 2.53. The highest BCUT2D eigenvalue weighted by molar-refractivity contribution is 5.85. The second-order valence-corrected chi connectivity index (χ2v) is 6.95. The summed E-state index contributed by atoms with van der Waals surface area (Å²) in [4.78, 5) is 12.4. The van der Waals surface area contributed by atoms with Crippen LogP contribution in [0, 0.1) is 11.3 Å². The number of nitrogens with one attached hydrogen (secondary N) is 1. The van der Waals surface area contributed by atoms with E-state index in [0.717, 1.165) is 19.4 Å². The summed E-state index contributed by atoms with van der Waals surface area (Å²) in [5.74, 6) is 0.254. The summed E-state index contributed by atoms with van der Waals surface area (Å²) in [5, 5.41) is 3.24. The van der Waals surface area contributed by atoms with Gasteiger partial charge in [-0.15, -0.1) is 12.4 Å². The van der Waals surface area contributed by atoms with E-state index in [1.807, 2.05) is 6.92 Å². The predicted octanol–water partition coefficient (Wildman–Crippen LogP) is 3.03. The Hall–Kier alpha value is -0.320. The van der Waals surface area contributed by atoms with Crippen molar-refractivity contribution < 1.29 is 9.53 Å². The molecule has 0 aromatic rings. The molecule has 130 valence electrons. The first-order valence-electron chi connectivity index (χ1n) is 8.72. The molecule has 2 saturated carbocycles. The lowest BCUT2D eigenvalue weighted by Gasteiger charge is -2.57. The molecule has 2 aliphatic carbocycles. The zero-order valence-electron chi connectivity index (χ0n) is 14.3. The third kappa shape index (κ3) is 3.77. The fourth-order valence-electron chi connectivity index (χ4n) is 4.05. The van der Waals surface area contributed by atoms with Crippen LogP contribution in [0.1, 0.15) is 65.7 Å². The summed E-state index contributed by atoms with van der Waals surface area (Å²) in [6, 6.07) is -0.126. The largest absolute Gasteiger partial charge is 0.378 e. The van der Waals surface area contributed by atoms with E-state index in [0.29, 0.717) is 6.10 Å². The molecule has 0 aromatic heterocycles. The second-order valence-electron chi connectivity index (χ2n) is 6.95. The molecule has 4 atom stereocenters. The van der Waals surface area contributed by atoms with Crippen LogP contribution in [-0.2, 0) is 9.53 Å². The molecule has 1 spiro atoms. The fraction of sp³-hybridized carbons (Fsp3) is 0.941. The third-order valence-electron chi connectivity index (χ3n) is 5.81. The molecular weight excluding hydrogens is 300 g/mol. The number of nitrogens with two attached hydrogens (primary N) is 1. The maximum Gasteiger partial charge on any atom is 0.237 e. The van der Waals surface area contributed by atoms with Crippen LogP contribution in [0.2, 0.25) is 0 Å². The third-order valence-corrected chi connectivity index (χ3v) is 5.81. The summed E-state index contributed by atoms with van der Waals surface area (Å²) in [6.45, 7) is 6.94. The molecule has 0 aliphatic heterocycles. The predicted molar refractivity (Wildman–Crippen MR) is 92.2 cm³/mol. The monoisotopic (exact) mass is 332 g/mol. The SMILES string of the molecule is CCOC1CC(NC(=O)C(N)C(C)CC)C12CCCCC2.Cl. The van der Waals surface area contributed by atoms with Gasteiger partial charge in [0.25, 0.3) is 0 Å². The first-order chi connectivity index (χ1) is 10.0. The van der Waals surface area contributed by atoms with Crippen molar-refractivity contribution in [2.24, 2.45) is 17.1 Å². The minimum absolute atomic E-state index is 0. The second kappa shape index (κ2) is 8.51. The molecule has 22 heavy (non-hydrogen) atoms. The van der Waals surface area contributed by atoms with Crippen LogP contribution in [0.15, 0.2) is 0 Å². The molecule has 0 heterocycles. The minimum Gasteiger partial charge on any atom is -0.378 e. The minimum atomic E-state index is -0.387. The smallest absolute Gasteiger partial charge is 0.237 e.